The first-order chi connectivity index (χ1) is 11.2. The number of aromatic nitrogens is 1. The Kier molecular flexibility index (Phi) is 4.98. The Morgan fingerprint density at radius 3 is 2.70 bits per heavy atom. The van der Waals surface area contributed by atoms with Crippen LogP contribution in [0, 0.1) is 5.82 Å². The van der Waals surface area contributed by atoms with Gasteiger partial charge in [0.1, 0.15) is 17.8 Å². The summed E-state index contributed by atoms with van der Waals surface area (Å²) in [6, 6.07) is 14.2. The van der Waals surface area contributed by atoms with E-state index in [-0.39, 0.29) is 5.82 Å². The lowest BCUT2D eigenvalue weighted by Gasteiger charge is -2.00. The van der Waals surface area contributed by atoms with Gasteiger partial charge in [0.2, 0.25) is 5.89 Å². The fourth-order valence-corrected chi connectivity index (χ4v) is 3.00. The molecule has 1 aromatic heterocycles. The minimum absolute atomic E-state index is 0.202. The normalized spacial score (nSPS) is 10.7. The Labute approximate surface area is 138 Å². The van der Waals surface area contributed by atoms with Crippen molar-refractivity contribution in [2.24, 2.45) is 0 Å². The first-order valence-electron chi connectivity index (χ1n) is 7.15. The molecule has 3 nitrogen and oxygen atoms in total. The topological polar surface area (TPSA) is 35.3 Å². The van der Waals surface area contributed by atoms with Crippen molar-refractivity contribution in [2.75, 3.05) is 7.11 Å². The van der Waals surface area contributed by atoms with Crippen molar-refractivity contribution in [3.8, 4) is 17.2 Å². The zero-order valence-electron chi connectivity index (χ0n) is 12.7. The number of thioether (sulfide) groups is 1. The lowest BCUT2D eigenvalue weighted by molar-refractivity contribution is 0.415. The zero-order chi connectivity index (χ0) is 16.1. The first-order valence-corrected chi connectivity index (χ1v) is 8.31. The van der Waals surface area contributed by atoms with Crippen molar-refractivity contribution in [2.45, 2.75) is 11.5 Å². The van der Waals surface area contributed by atoms with Gasteiger partial charge in [0, 0.05) is 17.1 Å². The van der Waals surface area contributed by atoms with Crippen LogP contribution in [0.4, 0.5) is 4.39 Å². The molecule has 0 spiro atoms. The summed E-state index contributed by atoms with van der Waals surface area (Å²) in [5.41, 5.74) is 2.75. The molecule has 118 valence electrons. The fraction of sp³-hybridized carbons (Fsp3) is 0.167. The predicted octanol–water partition coefficient (Wildman–Crippen LogP) is 4.92. The minimum Gasteiger partial charge on any atom is -0.497 e. The van der Waals surface area contributed by atoms with Gasteiger partial charge < -0.3 is 9.15 Å². The number of halogens is 1. The number of nitrogens with zero attached hydrogens (tertiary/aromatic N) is 1. The highest BCUT2D eigenvalue weighted by Crippen LogP contribution is 2.24. The lowest BCUT2D eigenvalue weighted by atomic mass is 10.2. The van der Waals surface area contributed by atoms with Crippen molar-refractivity contribution in [3.05, 3.63) is 71.9 Å². The van der Waals surface area contributed by atoms with Crippen LogP contribution in [-0.4, -0.2) is 12.1 Å². The minimum atomic E-state index is -0.202. The SMILES string of the molecule is COc1ccc(-c2nc(CSCc3cccc(F)c3)co2)cc1. The van der Waals surface area contributed by atoms with Crippen molar-refractivity contribution in [1.29, 1.82) is 0 Å². The van der Waals surface area contributed by atoms with E-state index in [1.807, 2.05) is 30.3 Å². The second-order valence-electron chi connectivity index (χ2n) is 5.00. The summed E-state index contributed by atoms with van der Waals surface area (Å²) in [6.07, 6.45) is 1.66. The molecule has 0 atom stereocenters. The molecule has 0 saturated heterocycles. The third kappa shape index (κ3) is 4.13. The molecule has 0 radical (unpaired) electrons. The van der Waals surface area contributed by atoms with Crippen LogP contribution in [-0.2, 0) is 11.5 Å². The highest BCUT2D eigenvalue weighted by Gasteiger charge is 2.07. The van der Waals surface area contributed by atoms with E-state index in [1.54, 1.807) is 37.3 Å². The molecular formula is C18H16FNO2S. The van der Waals surface area contributed by atoms with Gasteiger partial charge in [-0.3, -0.25) is 0 Å². The van der Waals surface area contributed by atoms with Gasteiger partial charge in [-0.25, -0.2) is 9.37 Å². The quantitative estimate of drug-likeness (QED) is 0.643. The van der Waals surface area contributed by atoms with Gasteiger partial charge in [0.05, 0.1) is 12.8 Å². The summed E-state index contributed by atoms with van der Waals surface area (Å²) in [4.78, 5) is 4.48. The van der Waals surface area contributed by atoms with Gasteiger partial charge in [-0.2, -0.15) is 11.8 Å². The summed E-state index contributed by atoms with van der Waals surface area (Å²) >= 11 is 1.67. The van der Waals surface area contributed by atoms with E-state index < -0.39 is 0 Å². The Bertz CT molecular complexity index is 771. The molecule has 3 rings (SSSR count). The number of ether oxygens (including phenoxy) is 1. The number of methoxy groups -OCH3 is 1. The highest BCUT2D eigenvalue weighted by atomic mass is 32.2. The zero-order valence-corrected chi connectivity index (χ0v) is 13.5. The van der Waals surface area contributed by atoms with E-state index in [1.165, 1.54) is 6.07 Å². The molecule has 0 amide bonds. The maximum absolute atomic E-state index is 13.1. The summed E-state index contributed by atoms with van der Waals surface area (Å²) in [6.45, 7) is 0. The van der Waals surface area contributed by atoms with Crippen molar-refractivity contribution in [1.82, 2.24) is 4.98 Å². The monoisotopic (exact) mass is 329 g/mol. The summed E-state index contributed by atoms with van der Waals surface area (Å²) in [7, 11) is 1.63. The number of rotatable bonds is 6. The largest absolute Gasteiger partial charge is 0.497 e. The predicted molar refractivity (Wildman–Crippen MR) is 89.9 cm³/mol. The molecule has 0 fully saturated rings. The van der Waals surface area contributed by atoms with Gasteiger partial charge in [-0.05, 0) is 42.0 Å². The fourth-order valence-electron chi connectivity index (χ4n) is 2.14. The van der Waals surface area contributed by atoms with E-state index >= 15 is 0 Å². The van der Waals surface area contributed by atoms with Gasteiger partial charge in [-0.15, -0.1) is 0 Å². The first kappa shape index (κ1) is 15.6. The van der Waals surface area contributed by atoms with Crippen LogP contribution in [0.1, 0.15) is 11.3 Å². The molecule has 3 aromatic rings. The van der Waals surface area contributed by atoms with Crippen molar-refractivity contribution >= 4 is 11.8 Å². The van der Waals surface area contributed by atoms with E-state index in [0.29, 0.717) is 5.89 Å². The molecule has 0 saturated carbocycles. The number of oxazole rings is 1. The van der Waals surface area contributed by atoms with Gasteiger partial charge >= 0.3 is 0 Å². The Hall–Kier alpha value is -2.27. The van der Waals surface area contributed by atoms with Crippen LogP contribution in [0.5, 0.6) is 5.75 Å². The Balaban J connectivity index is 1.58. The number of hydrogen-bond donors (Lipinski definition) is 0. The smallest absolute Gasteiger partial charge is 0.226 e. The van der Waals surface area contributed by atoms with Crippen LogP contribution in [0.2, 0.25) is 0 Å². The second kappa shape index (κ2) is 7.33. The van der Waals surface area contributed by atoms with Gasteiger partial charge in [-0.1, -0.05) is 12.1 Å². The molecule has 0 aliphatic rings. The molecule has 0 bridgehead atoms. The maximum atomic E-state index is 13.1. The van der Waals surface area contributed by atoms with Gasteiger partial charge in [0.15, 0.2) is 0 Å². The number of hydrogen-bond acceptors (Lipinski definition) is 4. The maximum Gasteiger partial charge on any atom is 0.226 e. The lowest BCUT2D eigenvalue weighted by Crippen LogP contribution is -1.86. The molecule has 0 aliphatic carbocycles. The average molecular weight is 329 g/mol. The third-order valence-electron chi connectivity index (χ3n) is 3.30. The Morgan fingerprint density at radius 1 is 1.13 bits per heavy atom. The molecule has 2 aromatic carbocycles. The van der Waals surface area contributed by atoms with E-state index in [0.717, 1.165) is 34.1 Å². The van der Waals surface area contributed by atoms with Crippen molar-refractivity contribution < 1.29 is 13.5 Å². The van der Waals surface area contributed by atoms with E-state index in [9.17, 15) is 4.39 Å². The third-order valence-corrected chi connectivity index (χ3v) is 4.33. The summed E-state index contributed by atoms with van der Waals surface area (Å²) in [5, 5.41) is 0. The second-order valence-corrected chi connectivity index (χ2v) is 5.98. The van der Waals surface area contributed by atoms with Crippen LogP contribution >= 0.6 is 11.8 Å². The van der Waals surface area contributed by atoms with E-state index in [4.69, 9.17) is 9.15 Å². The molecule has 1 heterocycles. The summed E-state index contributed by atoms with van der Waals surface area (Å²) in [5.74, 6) is 2.64. The molecule has 5 heteroatoms. The number of benzene rings is 2. The van der Waals surface area contributed by atoms with Crippen LogP contribution in [0.3, 0.4) is 0 Å². The molecule has 0 aliphatic heterocycles. The van der Waals surface area contributed by atoms with Crippen LogP contribution in [0.25, 0.3) is 11.5 Å². The Morgan fingerprint density at radius 2 is 1.96 bits per heavy atom. The molecule has 0 N–H and O–H groups in total. The summed E-state index contributed by atoms with van der Waals surface area (Å²) < 4.78 is 23.8. The van der Waals surface area contributed by atoms with Crippen LogP contribution < -0.4 is 4.74 Å². The van der Waals surface area contributed by atoms with Crippen LogP contribution in [0.15, 0.2) is 59.2 Å². The average Bonchev–Trinajstić information content (AvgIpc) is 3.04. The standard InChI is InChI=1S/C18H16FNO2S/c1-21-17-7-5-14(6-8-17)18-20-16(10-22-18)12-23-11-13-3-2-4-15(19)9-13/h2-10H,11-12H2,1H3. The van der Waals surface area contributed by atoms with Gasteiger partial charge in [0.25, 0.3) is 0 Å². The highest BCUT2D eigenvalue weighted by molar-refractivity contribution is 7.97. The molecular weight excluding hydrogens is 313 g/mol. The van der Waals surface area contributed by atoms with Crippen molar-refractivity contribution in [3.63, 3.8) is 0 Å². The molecule has 0 unspecified atom stereocenters. The molecule has 23 heavy (non-hydrogen) atoms. The van der Waals surface area contributed by atoms with E-state index in [2.05, 4.69) is 4.98 Å².